The summed E-state index contributed by atoms with van der Waals surface area (Å²) in [6, 6.07) is 4.17. The van der Waals surface area contributed by atoms with Crippen molar-refractivity contribution in [1.82, 2.24) is 0 Å². The summed E-state index contributed by atoms with van der Waals surface area (Å²) in [6.45, 7) is 7.26. The van der Waals surface area contributed by atoms with Crippen LogP contribution < -0.4 is 5.73 Å². The Morgan fingerprint density at radius 1 is 1.14 bits per heavy atom. The number of rotatable bonds is 6. The molecule has 0 atom stereocenters. The number of unbranched alkanes of at least 4 members (excludes halogenated alkanes) is 2. The highest BCUT2D eigenvalue weighted by Gasteiger charge is 2.13. The van der Waals surface area contributed by atoms with E-state index in [-0.39, 0.29) is 16.7 Å². The molecule has 0 aromatic heterocycles. The van der Waals surface area contributed by atoms with Gasteiger partial charge in [-0.15, -0.1) is 0 Å². The Balaban J connectivity index is 0.000000433. The minimum absolute atomic E-state index is 0.0277. The Bertz CT molecular complexity index is 477. The molecule has 1 rings (SSSR count). The van der Waals surface area contributed by atoms with Crippen LogP contribution in [-0.2, 0) is 0 Å². The molecule has 0 aliphatic rings. The topological polar surface area (TPSA) is 101 Å². The molecule has 0 aliphatic carbocycles. The minimum Gasteiger partial charge on any atom is -0.478 e. The average Bonchev–Trinajstić information content (AvgIpc) is 2.39. The molecular formula is C16H23NO4. The van der Waals surface area contributed by atoms with Crippen molar-refractivity contribution in [1.29, 1.82) is 0 Å². The lowest BCUT2D eigenvalue weighted by molar-refractivity contribution is 0.0696. The standard InChI is InChI=1S/C9H8O4.C7H15N/c1-5-6(8(10)11)3-2-4-7(5)9(12)13;1-3-4-5-6-7(2)8/h2-4H,1H3,(H,10,11)(H,12,13);2-6,8H2,1H3. The summed E-state index contributed by atoms with van der Waals surface area (Å²) in [5.41, 5.74) is 6.49. The van der Waals surface area contributed by atoms with E-state index in [2.05, 4.69) is 13.5 Å². The number of hydrogen-bond acceptors (Lipinski definition) is 3. The molecule has 0 aliphatic heterocycles. The van der Waals surface area contributed by atoms with Crippen LogP contribution in [0.3, 0.4) is 0 Å². The quantitative estimate of drug-likeness (QED) is 0.697. The average molecular weight is 293 g/mol. The predicted molar refractivity (Wildman–Crippen MR) is 82.6 cm³/mol. The number of benzene rings is 1. The highest BCUT2D eigenvalue weighted by atomic mass is 16.4. The van der Waals surface area contributed by atoms with Gasteiger partial charge in [-0.3, -0.25) is 0 Å². The number of carboxylic acid groups (broad SMARTS) is 2. The first-order chi connectivity index (χ1) is 9.81. The van der Waals surface area contributed by atoms with Crippen LogP contribution >= 0.6 is 0 Å². The van der Waals surface area contributed by atoms with Gasteiger partial charge in [-0.1, -0.05) is 32.4 Å². The van der Waals surface area contributed by atoms with Crippen LogP contribution in [0, 0.1) is 6.92 Å². The number of allylic oxidation sites excluding steroid dienone is 1. The fourth-order valence-electron chi connectivity index (χ4n) is 1.70. The molecule has 0 spiro atoms. The summed E-state index contributed by atoms with van der Waals surface area (Å²) in [5.74, 6) is -2.22. The van der Waals surface area contributed by atoms with E-state index in [0.717, 1.165) is 12.1 Å². The second-order valence-corrected chi connectivity index (χ2v) is 4.70. The Hall–Kier alpha value is -2.30. The minimum atomic E-state index is -1.11. The van der Waals surface area contributed by atoms with Gasteiger partial charge in [0, 0.05) is 5.70 Å². The van der Waals surface area contributed by atoms with Gasteiger partial charge in [0.1, 0.15) is 0 Å². The number of carboxylic acids is 2. The Kier molecular flexibility index (Phi) is 8.53. The van der Waals surface area contributed by atoms with Gasteiger partial charge in [0.15, 0.2) is 0 Å². The molecule has 0 unspecified atom stereocenters. The van der Waals surface area contributed by atoms with E-state index in [4.69, 9.17) is 15.9 Å². The molecular weight excluding hydrogens is 270 g/mol. The van der Waals surface area contributed by atoms with Gasteiger partial charge in [-0.05, 0) is 37.5 Å². The van der Waals surface area contributed by atoms with E-state index in [0.29, 0.717) is 0 Å². The molecule has 4 N–H and O–H groups in total. The van der Waals surface area contributed by atoms with Crippen LogP contribution in [0.15, 0.2) is 30.5 Å². The largest absolute Gasteiger partial charge is 0.478 e. The fraction of sp³-hybridized carbons (Fsp3) is 0.375. The van der Waals surface area contributed by atoms with Crippen LogP contribution in [0.5, 0.6) is 0 Å². The third-order valence-corrected chi connectivity index (χ3v) is 2.90. The van der Waals surface area contributed by atoms with Crippen molar-refractivity contribution in [2.45, 2.75) is 39.5 Å². The van der Waals surface area contributed by atoms with Crippen LogP contribution in [-0.4, -0.2) is 22.2 Å². The zero-order valence-corrected chi connectivity index (χ0v) is 12.6. The Morgan fingerprint density at radius 2 is 1.62 bits per heavy atom. The van der Waals surface area contributed by atoms with Gasteiger partial charge in [-0.25, -0.2) is 9.59 Å². The highest BCUT2D eigenvalue weighted by Crippen LogP contribution is 2.13. The van der Waals surface area contributed by atoms with Gasteiger partial charge in [0.05, 0.1) is 11.1 Å². The Morgan fingerprint density at radius 3 is 1.95 bits per heavy atom. The molecule has 5 nitrogen and oxygen atoms in total. The van der Waals surface area contributed by atoms with E-state index in [1.54, 1.807) is 0 Å². The van der Waals surface area contributed by atoms with Crippen molar-refractivity contribution in [3.05, 3.63) is 47.2 Å². The molecule has 0 radical (unpaired) electrons. The predicted octanol–water partition coefficient (Wildman–Crippen LogP) is 3.43. The second kappa shape index (κ2) is 9.58. The zero-order valence-electron chi connectivity index (χ0n) is 12.6. The van der Waals surface area contributed by atoms with Crippen LogP contribution in [0.4, 0.5) is 0 Å². The Labute approximate surface area is 125 Å². The summed E-state index contributed by atoms with van der Waals surface area (Å²) < 4.78 is 0. The molecule has 0 saturated heterocycles. The van der Waals surface area contributed by atoms with Gasteiger partial charge in [0.25, 0.3) is 0 Å². The van der Waals surface area contributed by atoms with Crippen molar-refractivity contribution in [2.24, 2.45) is 5.73 Å². The highest BCUT2D eigenvalue weighted by molar-refractivity contribution is 5.96. The normalized spacial score (nSPS) is 9.43. The summed E-state index contributed by atoms with van der Waals surface area (Å²) in [7, 11) is 0. The number of hydrogen-bond donors (Lipinski definition) is 3. The fourth-order valence-corrected chi connectivity index (χ4v) is 1.70. The molecule has 5 heteroatoms. The molecule has 0 fully saturated rings. The first kappa shape index (κ1) is 18.7. The lowest BCUT2D eigenvalue weighted by Gasteiger charge is -2.03. The smallest absolute Gasteiger partial charge is 0.335 e. The maximum Gasteiger partial charge on any atom is 0.335 e. The van der Waals surface area contributed by atoms with E-state index in [1.165, 1.54) is 44.4 Å². The number of aromatic carboxylic acids is 2. The summed E-state index contributed by atoms with van der Waals surface area (Å²) in [5, 5.41) is 17.4. The molecule has 1 aromatic rings. The molecule has 1 aromatic carbocycles. The van der Waals surface area contributed by atoms with Crippen molar-refractivity contribution >= 4 is 11.9 Å². The number of carbonyl (C=O) groups is 2. The van der Waals surface area contributed by atoms with Crippen molar-refractivity contribution in [3.63, 3.8) is 0 Å². The van der Waals surface area contributed by atoms with E-state index < -0.39 is 11.9 Å². The van der Waals surface area contributed by atoms with Gasteiger partial charge in [0.2, 0.25) is 0 Å². The van der Waals surface area contributed by atoms with Gasteiger partial charge in [-0.2, -0.15) is 0 Å². The first-order valence-electron chi connectivity index (χ1n) is 6.80. The zero-order chi connectivity index (χ0) is 16.4. The third kappa shape index (κ3) is 7.15. The molecule has 21 heavy (non-hydrogen) atoms. The summed E-state index contributed by atoms with van der Waals surface area (Å²) >= 11 is 0. The third-order valence-electron chi connectivity index (χ3n) is 2.90. The molecule has 0 bridgehead atoms. The summed E-state index contributed by atoms with van der Waals surface area (Å²) in [4.78, 5) is 21.2. The van der Waals surface area contributed by atoms with Gasteiger partial charge < -0.3 is 15.9 Å². The van der Waals surface area contributed by atoms with Crippen LogP contribution in [0.1, 0.15) is 58.9 Å². The summed E-state index contributed by atoms with van der Waals surface area (Å²) in [6.07, 6.45) is 4.73. The van der Waals surface area contributed by atoms with E-state index >= 15 is 0 Å². The van der Waals surface area contributed by atoms with Crippen molar-refractivity contribution in [3.8, 4) is 0 Å². The van der Waals surface area contributed by atoms with Crippen molar-refractivity contribution < 1.29 is 19.8 Å². The van der Waals surface area contributed by atoms with E-state index in [9.17, 15) is 9.59 Å². The molecule has 0 amide bonds. The molecule has 116 valence electrons. The maximum atomic E-state index is 10.6. The van der Waals surface area contributed by atoms with Crippen LogP contribution in [0.25, 0.3) is 0 Å². The van der Waals surface area contributed by atoms with E-state index in [1.807, 2.05) is 0 Å². The second-order valence-electron chi connectivity index (χ2n) is 4.70. The number of nitrogens with two attached hydrogens (primary N) is 1. The van der Waals surface area contributed by atoms with Gasteiger partial charge >= 0.3 is 11.9 Å². The van der Waals surface area contributed by atoms with Crippen molar-refractivity contribution in [2.75, 3.05) is 0 Å². The molecule has 0 saturated carbocycles. The molecule has 0 heterocycles. The monoisotopic (exact) mass is 293 g/mol. The maximum absolute atomic E-state index is 10.6. The lowest BCUT2D eigenvalue weighted by Crippen LogP contribution is -2.06. The van der Waals surface area contributed by atoms with Crippen LogP contribution in [0.2, 0.25) is 0 Å². The lowest BCUT2D eigenvalue weighted by atomic mass is 10.0. The first-order valence-corrected chi connectivity index (χ1v) is 6.80. The SMILES string of the molecule is C=C(N)CCCCC.Cc1c(C(=O)O)cccc1C(=O)O.